The Kier molecular flexibility index (Phi) is 8.50. The molecule has 0 radical (unpaired) electrons. The van der Waals surface area contributed by atoms with Crippen LogP contribution in [0.4, 0.5) is 4.39 Å². The topological polar surface area (TPSA) is 73.8 Å². The summed E-state index contributed by atoms with van der Waals surface area (Å²) in [5.41, 5.74) is 0.591. The van der Waals surface area contributed by atoms with Crippen LogP contribution in [-0.4, -0.2) is 70.1 Å². The number of nitrogens with one attached hydrogen (secondary N) is 2. The number of guanidine groups is 1. The summed E-state index contributed by atoms with van der Waals surface area (Å²) in [4.78, 5) is 6.84. The van der Waals surface area contributed by atoms with Crippen LogP contribution in [0.25, 0.3) is 0 Å². The molecule has 3 rings (SSSR count). The fourth-order valence-corrected chi connectivity index (χ4v) is 4.71. The summed E-state index contributed by atoms with van der Waals surface area (Å²) in [6.07, 6.45) is 1.91. The Morgan fingerprint density at radius 3 is 2.50 bits per heavy atom. The number of nitrogens with zero attached hydrogens (tertiary/aromatic N) is 2. The molecule has 0 atom stereocenters. The van der Waals surface area contributed by atoms with E-state index in [1.54, 1.807) is 6.07 Å². The molecule has 1 heterocycles. The molecular formula is C19H30FIN4O2S. The number of rotatable bonds is 7. The van der Waals surface area contributed by atoms with Gasteiger partial charge in [-0.1, -0.05) is 18.2 Å². The molecule has 2 aliphatic rings. The minimum atomic E-state index is -2.84. The quantitative estimate of drug-likeness (QED) is 0.323. The van der Waals surface area contributed by atoms with E-state index in [-0.39, 0.29) is 46.7 Å². The Balaban J connectivity index is 0.00000280. The van der Waals surface area contributed by atoms with Crippen LogP contribution in [0, 0.1) is 5.82 Å². The van der Waals surface area contributed by atoms with E-state index in [1.807, 2.05) is 19.1 Å². The van der Waals surface area contributed by atoms with Gasteiger partial charge in [-0.25, -0.2) is 12.8 Å². The van der Waals surface area contributed by atoms with Crippen LogP contribution < -0.4 is 10.6 Å². The first-order chi connectivity index (χ1) is 12.9. The molecule has 1 saturated carbocycles. The second kappa shape index (κ2) is 10.2. The lowest BCUT2D eigenvalue weighted by Gasteiger charge is -2.26. The van der Waals surface area contributed by atoms with Gasteiger partial charge in [0.2, 0.25) is 0 Å². The first-order valence-corrected chi connectivity index (χ1v) is 11.5. The normalized spacial score (nSPS) is 20.9. The predicted octanol–water partition coefficient (Wildman–Crippen LogP) is 1.76. The van der Waals surface area contributed by atoms with Gasteiger partial charge in [0.15, 0.2) is 15.8 Å². The number of benzene rings is 1. The van der Waals surface area contributed by atoms with Crippen molar-refractivity contribution in [2.75, 3.05) is 50.8 Å². The van der Waals surface area contributed by atoms with Gasteiger partial charge in [-0.3, -0.25) is 9.89 Å². The van der Waals surface area contributed by atoms with Crippen molar-refractivity contribution in [2.24, 2.45) is 4.99 Å². The SMILES string of the molecule is CCNC(=NCC1(c2ccccc2F)CC1)NCCN1CCS(=O)(=O)CC1.I. The zero-order valence-corrected chi connectivity index (χ0v) is 19.4. The second-order valence-corrected chi connectivity index (χ2v) is 9.68. The summed E-state index contributed by atoms with van der Waals surface area (Å²) in [5, 5.41) is 6.54. The third-order valence-electron chi connectivity index (χ3n) is 5.34. The highest BCUT2D eigenvalue weighted by molar-refractivity contribution is 14.0. The molecule has 158 valence electrons. The number of halogens is 2. The smallest absolute Gasteiger partial charge is 0.191 e. The maximum Gasteiger partial charge on any atom is 0.191 e. The maximum absolute atomic E-state index is 14.1. The minimum absolute atomic E-state index is 0. The molecule has 0 amide bonds. The molecule has 1 aliphatic heterocycles. The molecule has 6 nitrogen and oxygen atoms in total. The molecule has 28 heavy (non-hydrogen) atoms. The van der Waals surface area contributed by atoms with E-state index in [9.17, 15) is 12.8 Å². The lowest BCUT2D eigenvalue weighted by Crippen LogP contribution is -2.46. The first kappa shape index (κ1) is 23.3. The summed E-state index contributed by atoms with van der Waals surface area (Å²) in [7, 11) is -2.84. The zero-order chi connectivity index (χ0) is 19.3. The molecular weight excluding hydrogens is 494 g/mol. The van der Waals surface area contributed by atoms with Crippen molar-refractivity contribution >= 4 is 39.8 Å². The summed E-state index contributed by atoms with van der Waals surface area (Å²) in [6.45, 7) is 5.97. The highest BCUT2D eigenvalue weighted by Gasteiger charge is 2.45. The van der Waals surface area contributed by atoms with Crippen LogP contribution in [0.3, 0.4) is 0 Å². The van der Waals surface area contributed by atoms with E-state index >= 15 is 0 Å². The fourth-order valence-electron chi connectivity index (χ4n) is 3.43. The van der Waals surface area contributed by atoms with Gasteiger partial charge in [0.1, 0.15) is 5.82 Å². The van der Waals surface area contributed by atoms with Gasteiger partial charge >= 0.3 is 0 Å². The van der Waals surface area contributed by atoms with Gasteiger partial charge in [0.25, 0.3) is 0 Å². The van der Waals surface area contributed by atoms with Gasteiger partial charge in [0, 0.05) is 38.1 Å². The molecule has 0 bridgehead atoms. The van der Waals surface area contributed by atoms with Crippen LogP contribution in [0.1, 0.15) is 25.3 Å². The van der Waals surface area contributed by atoms with Crippen molar-refractivity contribution in [3.8, 4) is 0 Å². The minimum Gasteiger partial charge on any atom is -0.357 e. The van der Waals surface area contributed by atoms with E-state index in [2.05, 4.69) is 20.5 Å². The molecule has 0 aromatic heterocycles. The van der Waals surface area contributed by atoms with E-state index in [0.29, 0.717) is 26.2 Å². The first-order valence-electron chi connectivity index (χ1n) is 9.64. The van der Waals surface area contributed by atoms with Crippen molar-refractivity contribution in [3.05, 3.63) is 35.6 Å². The number of hydrogen-bond acceptors (Lipinski definition) is 4. The van der Waals surface area contributed by atoms with Crippen LogP contribution in [-0.2, 0) is 15.3 Å². The molecule has 0 unspecified atom stereocenters. The Hall–Kier alpha value is -0.940. The molecule has 2 fully saturated rings. The number of sulfone groups is 1. The van der Waals surface area contributed by atoms with Crippen molar-refractivity contribution in [1.82, 2.24) is 15.5 Å². The molecule has 1 saturated heterocycles. The van der Waals surface area contributed by atoms with Crippen LogP contribution >= 0.6 is 24.0 Å². The van der Waals surface area contributed by atoms with Gasteiger partial charge in [-0.15, -0.1) is 24.0 Å². The monoisotopic (exact) mass is 524 g/mol. The zero-order valence-electron chi connectivity index (χ0n) is 16.3. The summed E-state index contributed by atoms with van der Waals surface area (Å²) in [5.74, 6) is 1.06. The molecule has 9 heteroatoms. The van der Waals surface area contributed by atoms with Gasteiger partial charge in [-0.05, 0) is 31.4 Å². The number of aliphatic imine (C=N–C) groups is 1. The predicted molar refractivity (Wildman–Crippen MR) is 122 cm³/mol. The van der Waals surface area contributed by atoms with Crippen molar-refractivity contribution in [2.45, 2.75) is 25.2 Å². The van der Waals surface area contributed by atoms with Crippen molar-refractivity contribution < 1.29 is 12.8 Å². The second-order valence-electron chi connectivity index (χ2n) is 7.38. The van der Waals surface area contributed by atoms with Crippen molar-refractivity contribution in [1.29, 1.82) is 0 Å². The highest BCUT2D eigenvalue weighted by Crippen LogP contribution is 2.49. The average Bonchev–Trinajstić information content (AvgIpc) is 3.42. The van der Waals surface area contributed by atoms with E-state index < -0.39 is 9.84 Å². The lowest BCUT2D eigenvalue weighted by atomic mass is 9.95. The van der Waals surface area contributed by atoms with Gasteiger partial charge < -0.3 is 10.6 Å². The third-order valence-corrected chi connectivity index (χ3v) is 6.95. The Morgan fingerprint density at radius 1 is 1.21 bits per heavy atom. The maximum atomic E-state index is 14.1. The lowest BCUT2D eigenvalue weighted by molar-refractivity contribution is 0.299. The fraction of sp³-hybridized carbons (Fsp3) is 0.632. The Bertz CT molecular complexity index is 770. The molecule has 2 N–H and O–H groups in total. The van der Waals surface area contributed by atoms with Crippen molar-refractivity contribution in [3.63, 3.8) is 0 Å². The summed E-state index contributed by atoms with van der Waals surface area (Å²) >= 11 is 0. The summed E-state index contributed by atoms with van der Waals surface area (Å²) < 4.78 is 37.1. The molecule has 0 spiro atoms. The van der Waals surface area contributed by atoms with Gasteiger partial charge in [0.05, 0.1) is 18.1 Å². The highest BCUT2D eigenvalue weighted by atomic mass is 127. The average molecular weight is 524 g/mol. The molecule has 1 aromatic rings. The Morgan fingerprint density at radius 2 is 1.89 bits per heavy atom. The van der Waals surface area contributed by atoms with Crippen LogP contribution in [0.2, 0.25) is 0 Å². The third kappa shape index (κ3) is 6.28. The summed E-state index contributed by atoms with van der Waals surface area (Å²) in [6, 6.07) is 6.98. The number of hydrogen-bond donors (Lipinski definition) is 2. The molecule has 1 aromatic carbocycles. The van der Waals surface area contributed by atoms with Gasteiger partial charge in [-0.2, -0.15) is 0 Å². The Labute approximate surface area is 184 Å². The van der Waals surface area contributed by atoms with Crippen LogP contribution in [0.5, 0.6) is 0 Å². The largest absolute Gasteiger partial charge is 0.357 e. The van der Waals surface area contributed by atoms with E-state index in [4.69, 9.17) is 0 Å². The van der Waals surface area contributed by atoms with Crippen LogP contribution in [0.15, 0.2) is 29.3 Å². The van der Waals surface area contributed by atoms with E-state index in [0.717, 1.165) is 37.5 Å². The standard InChI is InChI=1S/C19H29FN4O2S.HI/c1-2-21-18(22-9-10-24-11-13-27(25,26)14-12-24)23-15-19(7-8-19)16-5-3-4-6-17(16)20;/h3-6H,2,7-15H2,1H3,(H2,21,22,23);1H. The molecule has 1 aliphatic carbocycles. The van der Waals surface area contributed by atoms with E-state index in [1.165, 1.54) is 6.07 Å².